The van der Waals surface area contributed by atoms with Crippen LogP contribution < -0.4 is 0 Å². The van der Waals surface area contributed by atoms with E-state index in [1.807, 2.05) is 6.07 Å². The molecule has 2 atom stereocenters. The Labute approximate surface area is 168 Å². The number of aromatic carboxylic acids is 2. The molecule has 0 aromatic heterocycles. The molecule has 28 heavy (non-hydrogen) atoms. The van der Waals surface area contributed by atoms with Crippen LogP contribution in [0.5, 0.6) is 0 Å². The van der Waals surface area contributed by atoms with Gasteiger partial charge in [0.1, 0.15) is 0 Å². The summed E-state index contributed by atoms with van der Waals surface area (Å²) in [5.74, 6) is -1.67. The number of carbonyl (C=O) groups is 2. The standard InChI is InChI=1S/C24H34O4/c1-22(2)23(3,16-10-6-5-7-11-16)14-9-15-24(22,4)18-13-8-12-17(20(25)26)19(18)21(27)28/h8,12-13,16H,5-7,9-11,14-15H2,1-4H3,(H,25,26)(H,27,28). The molecule has 2 N–H and O–H groups in total. The van der Waals surface area contributed by atoms with Gasteiger partial charge in [0.05, 0.1) is 11.1 Å². The minimum absolute atomic E-state index is 0.0292. The number of benzene rings is 1. The highest BCUT2D eigenvalue weighted by molar-refractivity contribution is 6.03. The maximum absolute atomic E-state index is 12.1. The van der Waals surface area contributed by atoms with E-state index in [1.165, 1.54) is 38.2 Å². The molecule has 0 amide bonds. The van der Waals surface area contributed by atoms with Gasteiger partial charge in [-0.1, -0.05) is 65.5 Å². The molecule has 0 bridgehead atoms. The van der Waals surface area contributed by atoms with Gasteiger partial charge in [0.15, 0.2) is 0 Å². The predicted molar refractivity (Wildman–Crippen MR) is 110 cm³/mol. The maximum Gasteiger partial charge on any atom is 0.336 e. The first-order valence-electron chi connectivity index (χ1n) is 10.7. The molecular weight excluding hydrogens is 352 g/mol. The lowest BCUT2D eigenvalue weighted by atomic mass is 9.42. The van der Waals surface area contributed by atoms with Crippen LogP contribution in [0.2, 0.25) is 0 Å². The van der Waals surface area contributed by atoms with Gasteiger partial charge < -0.3 is 10.2 Å². The first-order chi connectivity index (χ1) is 13.1. The van der Waals surface area contributed by atoms with Gasteiger partial charge in [0, 0.05) is 0 Å². The highest BCUT2D eigenvalue weighted by atomic mass is 16.4. The summed E-state index contributed by atoms with van der Waals surface area (Å²) in [5, 5.41) is 19.5. The Morgan fingerprint density at radius 3 is 2.11 bits per heavy atom. The molecule has 2 fully saturated rings. The molecule has 0 spiro atoms. The van der Waals surface area contributed by atoms with Crippen LogP contribution in [0.25, 0.3) is 0 Å². The lowest BCUT2D eigenvalue weighted by Gasteiger charge is -2.62. The van der Waals surface area contributed by atoms with Crippen molar-refractivity contribution in [3.8, 4) is 0 Å². The molecule has 0 radical (unpaired) electrons. The molecule has 2 saturated carbocycles. The molecule has 0 heterocycles. The molecule has 1 aromatic carbocycles. The van der Waals surface area contributed by atoms with E-state index in [1.54, 1.807) is 6.07 Å². The normalized spacial score (nSPS) is 30.7. The monoisotopic (exact) mass is 386 g/mol. The zero-order valence-corrected chi connectivity index (χ0v) is 17.7. The van der Waals surface area contributed by atoms with Crippen molar-refractivity contribution < 1.29 is 19.8 Å². The molecule has 3 rings (SSSR count). The second-order valence-electron chi connectivity index (χ2n) is 9.90. The van der Waals surface area contributed by atoms with E-state index in [4.69, 9.17) is 0 Å². The Morgan fingerprint density at radius 1 is 0.893 bits per heavy atom. The third kappa shape index (κ3) is 2.96. The Morgan fingerprint density at radius 2 is 1.54 bits per heavy atom. The molecule has 0 saturated heterocycles. The van der Waals surface area contributed by atoms with Crippen LogP contribution in [0.3, 0.4) is 0 Å². The van der Waals surface area contributed by atoms with Crippen LogP contribution in [0, 0.1) is 16.7 Å². The summed E-state index contributed by atoms with van der Waals surface area (Å²) in [5.41, 5.74) is 0.116. The average Bonchev–Trinajstić information content (AvgIpc) is 2.66. The van der Waals surface area contributed by atoms with Crippen molar-refractivity contribution in [2.24, 2.45) is 16.7 Å². The minimum Gasteiger partial charge on any atom is -0.478 e. The average molecular weight is 387 g/mol. The van der Waals surface area contributed by atoms with Crippen LogP contribution in [0.15, 0.2) is 18.2 Å². The quantitative estimate of drug-likeness (QED) is 0.652. The molecule has 154 valence electrons. The van der Waals surface area contributed by atoms with Crippen LogP contribution in [0.1, 0.15) is 105 Å². The molecule has 2 aliphatic rings. The number of hydrogen-bond donors (Lipinski definition) is 2. The van der Waals surface area contributed by atoms with Gasteiger partial charge in [0.2, 0.25) is 0 Å². The van der Waals surface area contributed by atoms with Crippen molar-refractivity contribution in [2.75, 3.05) is 0 Å². The first-order valence-corrected chi connectivity index (χ1v) is 10.7. The second kappa shape index (κ2) is 7.20. The summed E-state index contributed by atoms with van der Waals surface area (Å²) >= 11 is 0. The van der Waals surface area contributed by atoms with Crippen molar-refractivity contribution in [3.63, 3.8) is 0 Å². The Hall–Kier alpha value is -1.84. The SMILES string of the molecule is CC1(c2cccc(C(=O)O)c2C(=O)O)CCCC(C)(C2CCCCC2)C1(C)C. The van der Waals surface area contributed by atoms with Gasteiger partial charge in [-0.3, -0.25) is 0 Å². The number of hydrogen-bond acceptors (Lipinski definition) is 2. The fourth-order valence-electron chi connectivity index (χ4n) is 6.41. The molecule has 1 aromatic rings. The van der Waals surface area contributed by atoms with Gasteiger partial charge in [-0.25, -0.2) is 9.59 Å². The number of carboxylic acids is 2. The van der Waals surface area contributed by atoms with Crippen molar-refractivity contribution in [1.82, 2.24) is 0 Å². The minimum atomic E-state index is -1.17. The van der Waals surface area contributed by atoms with Crippen molar-refractivity contribution in [3.05, 3.63) is 34.9 Å². The lowest BCUT2D eigenvalue weighted by Crippen LogP contribution is -2.56. The van der Waals surface area contributed by atoms with Gasteiger partial charge in [0.25, 0.3) is 0 Å². The molecule has 2 aliphatic carbocycles. The van der Waals surface area contributed by atoms with Crippen LogP contribution in [0.4, 0.5) is 0 Å². The summed E-state index contributed by atoms with van der Waals surface area (Å²) in [7, 11) is 0. The summed E-state index contributed by atoms with van der Waals surface area (Å²) in [6.45, 7) is 9.15. The third-order valence-electron chi connectivity index (χ3n) is 8.79. The van der Waals surface area contributed by atoms with Gasteiger partial charge in [-0.05, 0) is 59.5 Å². The summed E-state index contributed by atoms with van der Waals surface area (Å²) in [6, 6.07) is 4.97. The van der Waals surface area contributed by atoms with E-state index in [2.05, 4.69) is 27.7 Å². The first kappa shape index (κ1) is 20.9. The molecule has 4 nitrogen and oxygen atoms in total. The Balaban J connectivity index is 2.17. The fraction of sp³-hybridized carbons (Fsp3) is 0.667. The van der Waals surface area contributed by atoms with Crippen LogP contribution in [-0.2, 0) is 5.41 Å². The maximum atomic E-state index is 12.1. The van der Waals surface area contributed by atoms with E-state index in [0.717, 1.165) is 19.3 Å². The molecule has 4 heteroatoms. The highest BCUT2D eigenvalue weighted by Crippen LogP contribution is 2.65. The topological polar surface area (TPSA) is 74.6 Å². The van der Waals surface area contributed by atoms with E-state index in [-0.39, 0.29) is 22.0 Å². The highest BCUT2D eigenvalue weighted by Gasteiger charge is 2.58. The molecule has 0 aliphatic heterocycles. The summed E-state index contributed by atoms with van der Waals surface area (Å²) < 4.78 is 0. The predicted octanol–water partition coefficient (Wildman–Crippen LogP) is 6.14. The van der Waals surface area contributed by atoms with Gasteiger partial charge >= 0.3 is 11.9 Å². The molecule has 2 unspecified atom stereocenters. The van der Waals surface area contributed by atoms with Crippen LogP contribution >= 0.6 is 0 Å². The van der Waals surface area contributed by atoms with Crippen molar-refractivity contribution in [1.29, 1.82) is 0 Å². The molecular formula is C24H34O4. The van der Waals surface area contributed by atoms with E-state index < -0.39 is 17.4 Å². The summed E-state index contributed by atoms with van der Waals surface area (Å²) in [6.07, 6.45) is 9.45. The third-order valence-corrected chi connectivity index (χ3v) is 8.79. The van der Waals surface area contributed by atoms with E-state index in [0.29, 0.717) is 11.5 Å². The van der Waals surface area contributed by atoms with Crippen molar-refractivity contribution >= 4 is 11.9 Å². The smallest absolute Gasteiger partial charge is 0.336 e. The van der Waals surface area contributed by atoms with Gasteiger partial charge in [-0.2, -0.15) is 0 Å². The van der Waals surface area contributed by atoms with E-state index in [9.17, 15) is 19.8 Å². The van der Waals surface area contributed by atoms with Gasteiger partial charge in [-0.15, -0.1) is 0 Å². The largest absolute Gasteiger partial charge is 0.478 e. The van der Waals surface area contributed by atoms with Crippen molar-refractivity contribution in [2.45, 2.75) is 84.5 Å². The number of rotatable bonds is 4. The van der Waals surface area contributed by atoms with Crippen LogP contribution in [-0.4, -0.2) is 22.2 Å². The van der Waals surface area contributed by atoms with E-state index >= 15 is 0 Å². The lowest BCUT2D eigenvalue weighted by molar-refractivity contribution is -0.0903. The Kier molecular flexibility index (Phi) is 5.37. The zero-order valence-electron chi connectivity index (χ0n) is 17.7. The zero-order chi connectivity index (χ0) is 20.7. The summed E-state index contributed by atoms with van der Waals surface area (Å²) in [4.78, 5) is 23.9. The number of carboxylic acid groups (broad SMARTS) is 2. The second-order valence-corrected chi connectivity index (χ2v) is 9.90. The fourth-order valence-corrected chi connectivity index (χ4v) is 6.41. The Bertz CT molecular complexity index is 775.